The number of nitrogens with zero attached hydrogens (tertiary/aromatic N) is 1. The van der Waals surface area contributed by atoms with Gasteiger partial charge in [-0.25, -0.2) is 4.98 Å². The number of carbonyl (C=O) groups excluding carboxylic acids is 1. The second-order valence-electron chi connectivity index (χ2n) is 3.13. The lowest BCUT2D eigenvalue weighted by Crippen LogP contribution is -2.13. The molecule has 1 aliphatic carbocycles. The Labute approximate surface area is 84.7 Å². The summed E-state index contributed by atoms with van der Waals surface area (Å²) in [6.07, 6.45) is 3.70. The van der Waals surface area contributed by atoms with Gasteiger partial charge in [-0.1, -0.05) is 0 Å². The van der Waals surface area contributed by atoms with E-state index in [1.165, 1.54) is 0 Å². The van der Waals surface area contributed by atoms with Crippen LogP contribution in [-0.2, 0) is 4.79 Å². The average molecular weight is 241 g/mol. The molecule has 1 heterocycles. The zero-order valence-electron chi connectivity index (χ0n) is 6.96. The fraction of sp³-hybridized carbons (Fsp3) is 0.333. The van der Waals surface area contributed by atoms with Crippen molar-refractivity contribution in [3.63, 3.8) is 0 Å². The van der Waals surface area contributed by atoms with Gasteiger partial charge in [0, 0.05) is 16.6 Å². The van der Waals surface area contributed by atoms with Gasteiger partial charge >= 0.3 is 0 Å². The Hall–Kier alpha value is -0.900. The molecule has 0 saturated heterocycles. The average Bonchev–Trinajstić information content (AvgIpc) is 2.91. The second-order valence-corrected chi connectivity index (χ2v) is 4.04. The van der Waals surface area contributed by atoms with Crippen molar-refractivity contribution in [3.05, 3.63) is 22.8 Å². The predicted octanol–water partition coefficient (Wildman–Crippen LogP) is 2.19. The van der Waals surface area contributed by atoms with E-state index in [0.717, 1.165) is 17.3 Å². The Kier molecular flexibility index (Phi) is 2.31. The molecule has 13 heavy (non-hydrogen) atoms. The summed E-state index contributed by atoms with van der Waals surface area (Å²) in [5.41, 5.74) is 0. The third kappa shape index (κ3) is 2.28. The fourth-order valence-electron chi connectivity index (χ4n) is 1.02. The first-order valence-electron chi connectivity index (χ1n) is 4.18. The number of halogens is 1. The van der Waals surface area contributed by atoms with Crippen molar-refractivity contribution in [2.75, 3.05) is 5.32 Å². The van der Waals surface area contributed by atoms with Gasteiger partial charge in [-0.05, 0) is 40.9 Å². The summed E-state index contributed by atoms with van der Waals surface area (Å²) < 4.78 is 0.914. The monoisotopic (exact) mass is 240 g/mol. The van der Waals surface area contributed by atoms with Gasteiger partial charge in [0.05, 0.1) is 0 Å². The molecule has 0 atom stereocenters. The summed E-state index contributed by atoms with van der Waals surface area (Å²) in [7, 11) is 0. The standard InChI is InChI=1S/C9H9BrN2O/c10-7-3-4-8(11-5-7)12-9(13)6-1-2-6/h3-6H,1-2H2,(H,11,12,13). The van der Waals surface area contributed by atoms with Crippen molar-refractivity contribution in [2.45, 2.75) is 12.8 Å². The van der Waals surface area contributed by atoms with E-state index in [4.69, 9.17) is 0 Å². The maximum Gasteiger partial charge on any atom is 0.228 e. The minimum atomic E-state index is 0.0924. The Bertz CT molecular complexity index is 319. The minimum absolute atomic E-state index is 0.0924. The molecule has 3 nitrogen and oxygen atoms in total. The van der Waals surface area contributed by atoms with Crippen LogP contribution in [-0.4, -0.2) is 10.9 Å². The van der Waals surface area contributed by atoms with Crippen LogP contribution in [0.15, 0.2) is 22.8 Å². The largest absolute Gasteiger partial charge is 0.310 e. The van der Waals surface area contributed by atoms with E-state index < -0.39 is 0 Å². The van der Waals surface area contributed by atoms with Gasteiger partial charge in [-0.3, -0.25) is 4.79 Å². The third-order valence-corrected chi connectivity index (χ3v) is 2.40. The predicted molar refractivity (Wildman–Crippen MR) is 53.3 cm³/mol. The van der Waals surface area contributed by atoms with Gasteiger partial charge in [0.2, 0.25) is 5.91 Å². The van der Waals surface area contributed by atoms with Gasteiger partial charge in [-0.15, -0.1) is 0 Å². The molecule has 0 aliphatic heterocycles. The Morgan fingerprint density at radius 2 is 2.31 bits per heavy atom. The van der Waals surface area contributed by atoms with Crippen LogP contribution in [0.1, 0.15) is 12.8 Å². The zero-order chi connectivity index (χ0) is 9.26. The number of aromatic nitrogens is 1. The number of carbonyl (C=O) groups is 1. The number of hydrogen-bond donors (Lipinski definition) is 1. The van der Waals surface area contributed by atoms with Gasteiger partial charge < -0.3 is 5.32 Å². The molecule has 0 spiro atoms. The van der Waals surface area contributed by atoms with Crippen LogP contribution >= 0.6 is 15.9 Å². The lowest BCUT2D eigenvalue weighted by Gasteiger charge is -2.01. The molecule has 0 radical (unpaired) electrons. The highest BCUT2D eigenvalue weighted by atomic mass is 79.9. The SMILES string of the molecule is O=C(Nc1ccc(Br)cn1)C1CC1. The van der Waals surface area contributed by atoms with E-state index in [0.29, 0.717) is 5.82 Å². The van der Waals surface area contributed by atoms with Crippen molar-refractivity contribution >= 4 is 27.7 Å². The molecule has 1 amide bonds. The first-order chi connectivity index (χ1) is 6.25. The van der Waals surface area contributed by atoms with Crippen molar-refractivity contribution < 1.29 is 4.79 Å². The normalized spacial score (nSPS) is 15.5. The van der Waals surface area contributed by atoms with E-state index in [1.54, 1.807) is 12.3 Å². The van der Waals surface area contributed by atoms with Gasteiger partial charge in [0.25, 0.3) is 0 Å². The molecule has 1 fully saturated rings. The first kappa shape index (κ1) is 8.69. The highest BCUT2D eigenvalue weighted by Crippen LogP contribution is 2.29. The summed E-state index contributed by atoms with van der Waals surface area (Å²) in [4.78, 5) is 15.3. The summed E-state index contributed by atoms with van der Waals surface area (Å²) in [5.74, 6) is 0.945. The van der Waals surface area contributed by atoms with E-state index >= 15 is 0 Å². The first-order valence-corrected chi connectivity index (χ1v) is 4.97. The summed E-state index contributed by atoms with van der Waals surface area (Å²) in [6, 6.07) is 3.64. The van der Waals surface area contributed by atoms with Crippen LogP contribution in [0.5, 0.6) is 0 Å². The smallest absolute Gasteiger partial charge is 0.228 e. The topological polar surface area (TPSA) is 42.0 Å². The summed E-state index contributed by atoms with van der Waals surface area (Å²) in [6.45, 7) is 0. The number of amides is 1. The zero-order valence-corrected chi connectivity index (χ0v) is 8.54. The summed E-state index contributed by atoms with van der Waals surface area (Å²) >= 11 is 3.28. The number of hydrogen-bond acceptors (Lipinski definition) is 2. The van der Waals surface area contributed by atoms with E-state index in [2.05, 4.69) is 26.2 Å². The summed E-state index contributed by atoms with van der Waals surface area (Å²) in [5, 5.41) is 2.76. The van der Waals surface area contributed by atoms with E-state index in [-0.39, 0.29) is 11.8 Å². The molecule has 0 bridgehead atoms. The molecule has 0 aromatic carbocycles. The van der Waals surface area contributed by atoms with Crippen LogP contribution in [0.2, 0.25) is 0 Å². The maximum absolute atomic E-state index is 11.3. The van der Waals surface area contributed by atoms with Crippen molar-refractivity contribution in [2.24, 2.45) is 5.92 Å². The molecule has 1 N–H and O–H groups in total. The molecule has 4 heteroatoms. The number of rotatable bonds is 2. The molecule has 1 saturated carbocycles. The molecular formula is C9H9BrN2O. The highest BCUT2D eigenvalue weighted by Gasteiger charge is 2.29. The Balaban J connectivity index is 2.00. The lowest BCUT2D eigenvalue weighted by atomic mass is 10.4. The van der Waals surface area contributed by atoms with Crippen LogP contribution in [0.3, 0.4) is 0 Å². The maximum atomic E-state index is 11.3. The molecule has 1 aromatic heterocycles. The van der Waals surface area contributed by atoms with Crippen molar-refractivity contribution in [1.82, 2.24) is 4.98 Å². The van der Waals surface area contributed by atoms with Crippen LogP contribution in [0, 0.1) is 5.92 Å². The van der Waals surface area contributed by atoms with Gasteiger partial charge in [0.15, 0.2) is 0 Å². The quantitative estimate of drug-likeness (QED) is 0.862. The molecule has 1 aromatic rings. The number of pyridine rings is 1. The fourth-order valence-corrected chi connectivity index (χ4v) is 1.26. The third-order valence-electron chi connectivity index (χ3n) is 1.93. The second kappa shape index (κ2) is 3.46. The molecule has 2 rings (SSSR count). The molecule has 1 aliphatic rings. The minimum Gasteiger partial charge on any atom is -0.310 e. The highest BCUT2D eigenvalue weighted by molar-refractivity contribution is 9.10. The molecule has 0 unspecified atom stereocenters. The Morgan fingerprint density at radius 1 is 1.54 bits per heavy atom. The number of anilines is 1. The number of nitrogens with one attached hydrogen (secondary N) is 1. The lowest BCUT2D eigenvalue weighted by molar-refractivity contribution is -0.117. The van der Waals surface area contributed by atoms with Crippen LogP contribution in [0.4, 0.5) is 5.82 Å². The van der Waals surface area contributed by atoms with E-state index in [1.807, 2.05) is 6.07 Å². The van der Waals surface area contributed by atoms with E-state index in [9.17, 15) is 4.79 Å². The van der Waals surface area contributed by atoms with Gasteiger partial charge in [-0.2, -0.15) is 0 Å². The molecular weight excluding hydrogens is 232 g/mol. The van der Waals surface area contributed by atoms with Crippen molar-refractivity contribution in [3.8, 4) is 0 Å². The van der Waals surface area contributed by atoms with Crippen LogP contribution in [0.25, 0.3) is 0 Å². The van der Waals surface area contributed by atoms with Gasteiger partial charge in [0.1, 0.15) is 5.82 Å². The molecule has 68 valence electrons. The van der Waals surface area contributed by atoms with Crippen molar-refractivity contribution in [1.29, 1.82) is 0 Å². The van der Waals surface area contributed by atoms with Crippen LogP contribution < -0.4 is 5.32 Å². The Morgan fingerprint density at radius 3 is 2.85 bits per heavy atom.